The Morgan fingerprint density at radius 1 is 1.12 bits per heavy atom. The average molecular weight is 548 g/mol. The van der Waals surface area contributed by atoms with E-state index in [9.17, 15) is 31.2 Å². The fourth-order valence-corrected chi connectivity index (χ4v) is 5.60. The fraction of sp³-hybridized carbons (Fsp3) is 0.333. The van der Waals surface area contributed by atoms with Crippen molar-refractivity contribution in [3.8, 4) is 0 Å². The van der Waals surface area contributed by atoms with Crippen LogP contribution in [-0.4, -0.2) is 55.1 Å². The van der Waals surface area contributed by atoms with E-state index in [1.165, 1.54) is 36.1 Å². The van der Waals surface area contributed by atoms with Crippen LogP contribution in [0.5, 0.6) is 0 Å². The van der Waals surface area contributed by atoms with Gasteiger partial charge in [-0.05, 0) is 35.9 Å². The standard InChI is InChI=1S/C21H21BrF3N3O4S/c1-14(29)27-9-10-28(33(31,32)18-4-2-3-17(22)11-18)19(13-27)20(30)26-12-15-5-7-16(8-6-15)21(23,24)25/h2-8,11,19H,9-10,12-13H2,1H3,(H,26,30). The molecule has 0 aliphatic carbocycles. The van der Waals surface area contributed by atoms with E-state index in [4.69, 9.17) is 0 Å². The molecule has 12 heteroatoms. The first kappa shape index (κ1) is 25.2. The van der Waals surface area contributed by atoms with Gasteiger partial charge in [0.25, 0.3) is 0 Å². The lowest BCUT2D eigenvalue weighted by molar-refractivity contribution is -0.138. The van der Waals surface area contributed by atoms with E-state index in [2.05, 4.69) is 21.2 Å². The second kappa shape index (κ2) is 9.82. The van der Waals surface area contributed by atoms with Crippen molar-refractivity contribution in [2.24, 2.45) is 0 Å². The molecule has 0 bridgehead atoms. The molecule has 0 aromatic heterocycles. The highest BCUT2D eigenvalue weighted by Crippen LogP contribution is 2.29. The maximum atomic E-state index is 13.3. The number of benzene rings is 2. The normalized spacial score (nSPS) is 17.6. The summed E-state index contributed by atoms with van der Waals surface area (Å²) in [6.07, 6.45) is -4.47. The fourth-order valence-electron chi connectivity index (χ4n) is 3.44. The van der Waals surface area contributed by atoms with Crippen LogP contribution < -0.4 is 5.32 Å². The number of piperazine rings is 1. The molecular weight excluding hydrogens is 527 g/mol. The van der Waals surface area contributed by atoms with Crippen molar-refractivity contribution in [3.63, 3.8) is 0 Å². The summed E-state index contributed by atoms with van der Waals surface area (Å²) >= 11 is 3.23. The van der Waals surface area contributed by atoms with E-state index in [0.717, 1.165) is 16.4 Å². The molecule has 0 saturated carbocycles. The summed E-state index contributed by atoms with van der Waals surface area (Å²) in [5, 5.41) is 2.58. The second-order valence-corrected chi connectivity index (χ2v) is 10.3. The molecule has 1 unspecified atom stereocenters. The molecule has 2 amide bonds. The average Bonchev–Trinajstić information content (AvgIpc) is 2.76. The third-order valence-electron chi connectivity index (χ3n) is 5.23. The van der Waals surface area contributed by atoms with E-state index < -0.39 is 33.7 Å². The van der Waals surface area contributed by atoms with Crippen LogP contribution in [0.4, 0.5) is 13.2 Å². The number of sulfonamides is 1. The molecule has 1 aliphatic rings. The molecule has 7 nitrogen and oxygen atoms in total. The number of rotatable bonds is 5. The first-order valence-electron chi connectivity index (χ1n) is 9.86. The number of hydrogen-bond acceptors (Lipinski definition) is 4. The number of alkyl halides is 3. The number of amides is 2. The minimum absolute atomic E-state index is 0.00584. The Morgan fingerprint density at radius 3 is 2.36 bits per heavy atom. The van der Waals surface area contributed by atoms with Crippen molar-refractivity contribution in [2.45, 2.75) is 30.6 Å². The van der Waals surface area contributed by atoms with Crippen LogP contribution in [0.25, 0.3) is 0 Å². The molecule has 1 aliphatic heterocycles. The summed E-state index contributed by atoms with van der Waals surface area (Å²) in [6.45, 7) is 1.15. The van der Waals surface area contributed by atoms with E-state index in [1.807, 2.05) is 0 Å². The van der Waals surface area contributed by atoms with Crippen LogP contribution in [0.2, 0.25) is 0 Å². The highest BCUT2D eigenvalue weighted by Gasteiger charge is 2.40. The number of carbonyl (C=O) groups excluding carboxylic acids is 2. The molecule has 178 valence electrons. The van der Waals surface area contributed by atoms with Gasteiger partial charge in [0.05, 0.1) is 10.5 Å². The molecule has 1 heterocycles. The predicted octanol–water partition coefficient (Wildman–Crippen LogP) is 3.01. The number of hydrogen-bond donors (Lipinski definition) is 1. The van der Waals surface area contributed by atoms with Crippen molar-refractivity contribution in [3.05, 3.63) is 64.1 Å². The van der Waals surface area contributed by atoms with Gasteiger partial charge in [-0.2, -0.15) is 17.5 Å². The Balaban J connectivity index is 1.80. The minimum atomic E-state index is -4.47. The van der Waals surface area contributed by atoms with Crippen LogP contribution in [0, 0.1) is 0 Å². The van der Waals surface area contributed by atoms with Gasteiger partial charge in [0.1, 0.15) is 6.04 Å². The molecular formula is C21H21BrF3N3O4S. The van der Waals surface area contributed by atoms with Gasteiger partial charge < -0.3 is 10.2 Å². The summed E-state index contributed by atoms with van der Waals surface area (Å²) in [5.41, 5.74) is -0.398. The molecule has 1 atom stereocenters. The molecule has 1 N–H and O–H groups in total. The molecule has 0 radical (unpaired) electrons. The molecule has 0 spiro atoms. The first-order valence-corrected chi connectivity index (χ1v) is 12.1. The lowest BCUT2D eigenvalue weighted by Crippen LogP contribution is -2.61. The monoisotopic (exact) mass is 547 g/mol. The van der Waals surface area contributed by atoms with Gasteiger partial charge in [-0.1, -0.05) is 34.1 Å². The van der Waals surface area contributed by atoms with Crippen molar-refractivity contribution < 1.29 is 31.2 Å². The number of nitrogens with zero attached hydrogens (tertiary/aromatic N) is 2. The SMILES string of the molecule is CC(=O)N1CCN(S(=O)(=O)c2cccc(Br)c2)C(C(=O)NCc2ccc(C(F)(F)F)cc2)C1. The Bertz CT molecular complexity index is 1140. The van der Waals surface area contributed by atoms with Crippen LogP contribution >= 0.6 is 15.9 Å². The maximum Gasteiger partial charge on any atom is 0.416 e. The predicted molar refractivity (Wildman–Crippen MR) is 117 cm³/mol. The molecule has 3 rings (SSSR count). The Labute approximate surface area is 197 Å². The smallest absolute Gasteiger partial charge is 0.351 e. The summed E-state index contributed by atoms with van der Waals surface area (Å²) in [5.74, 6) is -0.950. The molecule has 2 aromatic carbocycles. The van der Waals surface area contributed by atoms with Crippen molar-refractivity contribution >= 4 is 37.8 Å². The van der Waals surface area contributed by atoms with Crippen LogP contribution in [0.3, 0.4) is 0 Å². The third-order valence-corrected chi connectivity index (χ3v) is 7.63. The zero-order chi connectivity index (χ0) is 24.4. The van der Waals surface area contributed by atoms with Gasteiger partial charge in [0.2, 0.25) is 21.8 Å². The summed E-state index contributed by atoms with van der Waals surface area (Å²) in [6, 6.07) is 9.15. The zero-order valence-corrected chi connectivity index (χ0v) is 19.9. The molecule has 2 aromatic rings. The van der Waals surface area contributed by atoms with Crippen LogP contribution in [-0.2, 0) is 32.3 Å². The van der Waals surface area contributed by atoms with Gasteiger partial charge >= 0.3 is 6.18 Å². The summed E-state index contributed by atoms with van der Waals surface area (Å²) in [4.78, 5) is 26.2. The highest BCUT2D eigenvalue weighted by molar-refractivity contribution is 9.10. The van der Waals surface area contributed by atoms with Gasteiger partial charge in [-0.25, -0.2) is 8.42 Å². The summed E-state index contributed by atoms with van der Waals surface area (Å²) < 4.78 is 66.3. The van der Waals surface area contributed by atoms with Crippen LogP contribution in [0.15, 0.2) is 57.9 Å². The lowest BCUT2D eigenvalue weighted by Gasteiger charge is -2.39. The van der Waals surface area contributed by atoms with E-state index in [0.29, 0.717) is 10.0 Å². The second-order valence-electron chi connectivity index (χ2n) is 7.47. The topological polar surface area (TPSA) is 86.8 Å². The minimum Gasteiger partial charge on any atom is -0.351 e. The van der Waals surface area contributed by atoms with E-state index >= 15 is 0 Å². The number of carbonyl (C=O) groups is 2. The van der Waals surface area contributed by atoms with Gasteiger partial charge in [-0.15, -0.1) is 0 Å². The van der Waals surface area contributed by atoms with E-state index in [1.54, 1.807) is 12.1 Å². The van der Waals surface area contributed by atoms with Crippen molar-refractivity contribution in [1.29, 1.82) is 0 Å². The zero-order valence-electron chi connectivity index (χ0n) is 17.5. The van der Waals surface area contributed by atoms with Crippen LogP contribution in [0.1, 0.15) is 18.1 Å². The maximum absolute atomic E-state index is 13.3. The Morgan fingerprint density at radius 2 is 1.79 bits per heavy atom. The summed E-state index contributed by atoms with van der Waals surface area (Å²) in [7, 11) is -4.05. The lowest BCUT2D eigenvalue weighted by atomic mass is 10.1. The largest absolute Gasteiger partial charge is 0.416 e. The molecule has 1 fully saturated rings. The molecule has 1 saturated heterocycles. The quantitative estimate of drug-likeness (QED) is 0.623. The highest BCUT2D eigenvalue weighted by atomic mass is 79.9. The Kier molecular flexibility index (Phi) is 7.49. The molecule has 33 heavy (non-hydrogen) atoms. The van der Waals surface area contributed by atoms with Gasteiger partial charge in [-0.3, -0.25) is 9.59 Å². The van der Waals surface area contributed by atoms with Crippen molar-refractivity contribution in [1.82, 2.24) is 14.5 Å². The number of nitrogens with one attached hydrogen (secondary N) is 1. The first-order chi connectivity index (χ1) is 15.4. The van der Waals surface area contributed by atoms with Gasteiger partial charge in [0, 0.05) is 37.6 Å². The number of halogens is 4. The van der Waals surface area contributed by atoms with E-state index in [-0.39, 0.29) is 37.0 Å². The Hall–Kier alpha value is -2.44. The van der Waals surface area contributed by atoms with Crippen molar-refractivity contribution in [2.75, 3.05) is 19.6 Å². The van der Waals surface area contributed by atoms with Gasteiger partial charge in [0.15, 0.2) is 0 Å². The third kappa shape index (κ3) is 5.92.